The topological polar surface area (TPSA) is 32.3 Å². The first-order valence-corrected chi connectivity index (χ1v) is 6.50. The summed E-state index contributed by atoms with van der Waals surface area (Å²) < 4.78 is 0. The van der Waals surface area contributed by atoms with E-state index in [1.54, 1.807) is 0 Å². The summed E-state index contributed by atoms with van der Waals surface area (Å²) in [6, 6.07) is 0.935. The molecule has 1 aliphatic carbocycles. The van der Waals surface area contributed by atoms with Crippen LogP contribution in [0.5, 0.6) is 0 Å². The van der Waals surface area contributed by atoms with Crippen molar-refractivity contribution in [2.24, 2.45) is 11.8 Å². The molecule has 1 fully saturated rings. The Balaban J connectivity index is 2.35. The molecule has 0 spiro atoms. The fraction of sp³-hybridized carbons (Fsp3) is 1.00. The van der Waals surface area contributed by atoms with Gasteiger partial charge in [0.15, 0.2) is 0 Å². The molecule has 0 aromatic carbocycles. The van der Waals surface area contributed by atoms with Crippen LogP contribution in [0, 0.1) is 11.8 Å². The van der Waals surface area contributed by atoms with Gasteiger partial charge in [-0.3, -0.25) is 0 Å². The van der Waals surface area contributed by atoms with E-state index in [0.717, 1.165) is 12.3 Å². The van der Waals surface area contributed by atoms with Crippen molar-refractivity contribution in [1.29, 1.82) is 0 Å². The molecule has 0 aromatic rings. The first kappa shape index (κ1) is 13.0. The van der Waals surface area contributed by atoms with Crippen molar-refractivity contribution in [3.05, 3.63) is 0 Å². The first-order valence-electron chi connectivity index (χ1n) is 6.50. The van der Waals surface area contributed by atoms with Crippen molar-refractivity contribution >= 4 is 0 Å². The summed E-state index contributed by atoms with van der Waals surface area (Å²) in [6.07, 6.45) is 6.45. The van der Waals surface area contributed by atoms with Crippen LogP contribution < -0.4 is 5.32 Å². The van der Waals surface area contributed by atoms with Gasteiger partial charge in [-0.1, -0.05) is 33.6 Å². The van der Waals surface area contributed by atoms with Crippen LogP contribution in [-0.4, -0.2) is 23.8 Å². The molecule has 0 saturated heterocycles. The van der Waals surface area contributed by atoms with Gasteiger partial charge in [0.1, 0.15) is 0 Å². The first-order chi connectivity index (χ1) is 7.13. The maximum Gasteiger partial charge on any atom is 0.0584 e. The molecule has 0 unspecified atom stereocenters. The minimum atomic E-state index is 0.279. The van der Waals surface area contributed by atoms with Gasteiger partial charge in [0.25, 0.3) is 0 Å². The zero-order valence-corrected chi connectivity index (χ0v) is 10.5. The highest BCUT2D eigenvalue weighted by atomic mass is 16.3. The van der Waals surface area contributed by atoms with E-state index in [9.17, 15) is 5.11 Å². The van der Waals surface area contributed by atoms with Crippen LogP contribution in [-0.2, 0) is 0 Å². The number of aliphatic hydroxyl groups excluding tert-OH is 1. The van der Waals surface area contributed by atoms with Gasteiger partial charge in [0.05, 0.1) is 6.61 Å². The third-order valence-electron chi connectivity index (χ3n) is 3.54. The summed E-state index contributed by atoms with van der Waals surface area (Å²) >= 11 is 0. The normalized spacial score (nSPS) is 29.4. The zero-order chi connectivity index (χ0) is 11.3. The number of hydrogen-bond acceptors (Lipinski definition) is 2. The Labute approximate surface area is 94.5 Å². The molecule has 0 amide bonds. The van der Waals surface area contributed by atoms with Crippen molar-refractivity contribution in [3.8, 4) is 0 Å². The molecule has 0 bridgehead atoms. The third kappa shape index (κ3) is 4.52. The summed E-state index contributed by atoms with van der Waals surface area (Å²) in [5.74, 6) is 1.44. The van der Waals surface area contributed by atoms with E-state index in [-0.39, 0.29) is 6.61 Å². The van der Waals surface area contributed by atoms with E-state index in [4.69, 9.17) is 0 Å². The minimum absolute atomic E-state index is 0.279. The number of nitrogens with one attached hydrogen (secondary N) is 1. The second kappa shape index (κ2) is 6.49. The lowest BCUT2D eigenvalue weighted by atomic mass is 9.85. The predicted octanol–water partition coefficient (Wildman–Crippen LogP) is 2.56. The Morgan fingerprint density at radius 3 is 2.47 bits per heavy atom. The van der Waals surface area contributed by atoms with Crippen LogP contribution in [0.3, 0.4) is 0 Å². The Morgan fingerprint density at radius 2 is 1.93 bits per heavy atom. The highest BCUT2D eigenvalue weighted by Gasteiger charge is 2.23. The van der Waals surface area contributed by atoms with E-state index < -0.39 is 0 Å². The average molecular weight is 213 g/mol. The fourth-order valence-electron chi connectivity index (χ4n) is 2.63. The summed E-state index contributed by atoms with van der Waals surface area (Å²) in [7, 11) is 0. The maximum absolute atomic E-state index is 9.33. The van der Waals surface area contributed by atoms with Gasteiger partial charge in [-0.05, 0) is 31.1 Å². The monoisotopic (exact) mass is 213 g/mol. The molecule has 0 radical (unpaired) electrons. The van der Waals surface area contributed by atoms with Gasteiger partial charge in [0.2, 0.25) is 0 Å². The number of hydrogen-bond donors (Lipinski definition) is 2. The standard InChI is InChI=1S/C13H27NO/c1-10(2)8-12(9-15)14-13-7-5-4-6-11(13)3/h10-15H,4-9H2,1-3H3/t11-,12-,13+/m1/s1. The Bertz CT molecular complexity index is 170. The third-order valence-corrected chi connectivity index (χ3v) is 3.54. The van der Waals surface area contributed by atoms with Gasteiger partial charge in [0, 0.05) is 12.1 Å². The molecule has 2 N–H and O–H groups in total. The quantitative estimate of drug-likeness (QED) is 0.735. The number of rotatable bonds is 5. The van der Waals surface area contributed by atoms with Crippen molar-refractivity contribution in [2.45, 2.75) is 65.0 Å². The fourth-order valence-corrected chi connectivity index (χ4v) is 2.63. The van der Waals surface area contributed by atoms with Crippen molar-refractivity contribution < 1.29 is 5.11 Å². The van der Waals surface area contributed by atoms with Crippen LogP contribution in [0.4, 0.5) is 0 Å². The lowest BCUT2D eigenvalue weighted by Crippen LogP contribution is -2.45. The van der Waals surface area contributed by atoms with Crippen LogP contribution in [0.25, 0.3) is 0 Å². The SMILES string of the molecule is CC(C)C[C@H](CO)N[C@H]1CCCC[C@H]1C. The smallest absolute Gasteiger partial charge is 0.0584 e. The molecule has 15 heavy (non-hydrogen) atoms. The largest absolute Gasteiger partial charge is 0.395 e. The molecule has 3 atom stereocenters. The molecule has 0 heterocycles. The van der Waals surface area contributed by atoms with Crippen LogP contribution >= 0.6 is 0 Å². The lowest BCUT2D eigenvalue weighted by molar-refractivity contribution is 0.181. The molecule has 0 aliphatic heterocycles. The molecule has 2 nitrogen and oxygen atoms in total. The van der Waals surface area contributed by atoms with Crippen molar-refractivity contribution in [2.75, 3.05) is 6.61 Å². The lowest BCUT2D eigenvalue weighted by Gasteiger charge is -2.33. The highest BCUT2D eigenvalue weighted by Crippen LogP contribution is 2.24. The molecular formula is C13H27NO. The Morgan fingerprint density at radius 1 is 1.27 bits per heavy atom. The molecule has 2 heteroatoms. The van der Waals surface area contributed by atoms with Crippen LogP contribution in [0.2, 0.25) is 0 Å². The molecular weight excluding hydrogens is 186 g/mol. The molecule has 1 rings (SSSR count). The summed E-state index contributed by atoms with van der Waals surface area (Å²) in [6.45, 7) is 7.05. The van der Waals surface area contributed by atoms with E-state index in [0.29, 0.717) is 18.0 Å². The van der Waals surface area contributed by atoms with Gasteiger partial charge >= 0.3 is 0 Å². The van der Waals surface area contributed by atoms with E-state index in [2.05, 4.69) is 26.1 Å². The van der Waals surface area contributed by atoms with E-state index in [1.165, 1.54) is 25.7 Å². The highest BCUT2D eigenvalue weighted by molar-refractivity contribution is 4.81. The van der Waals surface area contributed by atoms with Crippen LogP contribution in [0.1, 0.15) is 52.9 Å². The average Bonchev–Trinajstić information content (AvgIpc) is 2.19. The maximum atomic E-state index is 9.33. The molecule has 1 saturated carbocycles. The molecule has 1 aliphatic rings. The Kier molecular flexibility index (Phi) is 5.62. The summed E-state index contributed by atoms with van der Waals surface area (Å²) in [5.41, 5.74) is 0. The van der Waals surface area contributed by atoms with Crippen molar-refractivity contribution in [1.82, 2.24) is 5.32 Å². The van der Waals surface area contributed by atoms with Crippen LogP contribution in [0.15, 0.2) is 0 Å². The van der Waals surface area contributed by atoms with Gasteiger partial charge in [-0.15, -0.1) is 0 Å². The summed E-state index contributed by atoms with van der Waals surface area (Å²) in [5, 5.41) is 13.0. The van der Waals surface area contributed by atoms with E-state index >= 15 is 0 Å². The van der Waals surface area contributed by atoms with Gasteiger partial charge < -0.3 is 10.4 Å². The van der Waals surface area contributed by atoms with Gasteiger partial charge in [-0.25, -0.2) is 0 Å². The van der Waals surface area contributed by atoms with Gasteiger partial charge in [-0.2, -0.15) is 0 Å². The van der Waals surface area contributed by atoms with Crippen molar-refractivity contribution in [3.63, 3.8) is 0 Å². The molecule has 0 aromatic heterocycles. The summed E-state index contributed by atoms with van der Waals surface area (Å²) in [4.78, 5) is 0. The Hall–Kier alpha value is -0.0800. The minimum Gasteiger partial charge on any atom is -0.395 e. The number of aliphatic hydroxyl groups is 1. The predicted molar refractivity (Wildman–Crippen MR) is 64.9 cm³/mol. The van der Waals surface area contributed by atoms with E-state index in [1.807, 2.05) is 0 Å². The zero-order valence-electron chi connectivity index (χ0n) is 10.5. The molecule has 90 valence electrons. The second-order valence-corrected chi connectivity index (χ2v) is 5.54. The second-order valence-electron chi connectivity index (χ2n) is 5.54.